The van der Waals surface area contributed by atoms with Gasteiger partial charge in [-0.3, -0.25) is 9.59 Å². The lowest BCUT2D eigenvalue weighted by molar-refractivity contribution is -0.182. The maximum absolute atomic E-state index is 13.5. The summed E-state index contributed by atoms with van der Waals surface area (Å²) in [6.07, 6.45) is 6.34. The molecule has 0 radical (unpaired) electrons. The van der Waals surface area contributed by atoms with Crippen LogP contribution in [0.2, 0.25) is 0 Å². The summed E-state index contributed by atoms with van der Waals surface area (Å²) >= 11 is 0. The predicted octanol–water partition coefficient (Wildman–Crippen LogP) is 4.14. The lowest BCUT2D eigenvalue weighted by Crippen LogP contribution is -2.61. The topological polar surface area (TPSA) is 83.8 Å². The fraction of sp³-hybridized carbons (Fsp3) is 0.923. The molecule has 0 aromatic carbocycles. The molecule has 176 valence electrons. The first-order chi connectivity index (χ1) is 14.6. The Bertz CT molecular complexity index is 706. The Hall–Kier alpha value is -0.940. The number of esters is 1. The normalized spacial score (nSPS) is 47.8. The molecule has 5 nitrogen and oxygen atoms in total. The van der Waals surface area contributed by atoms with E-state index < -0.39 is 6.10 Å². The second kappa shape index (κ2) is 8.44. The van der Waals surface area contributed by atoms with E-state index in [0.29, 0.717) is 43.5 Å². The van der Waals surface area contributed by atoms with Gasteiger partial charge in [0.25, 0.3) is 0 Å². The van der Waals surface area contributed by atoms with E-state index in [2.05, 4.69) is 20.8 Å². The highest BCUT2D eigenvalue weighted by Crippen LogP contribution is 2.67. The Morgan fingerprint density at radius 1 is 1.16 bits per heavy atom. The molecule has 5 heteroatoms. The molecule has 4 fully saturated rings. The maximum atomic E-state index is 13.5. The van der Waals surface area contributed by atoms with Crippen LogP contribution >= 0.6 is 0 Å². The van der Waals surface area contributed by atoms with Crippen LogP contribution in [-0.4, -0.2) is 40.8 Å². The zero-order valence-electron chi connectivity index (χ0n) is 19.8. The smallest absolute Gasteiger partial charge is 0.305 e. The van der Waals surface area contributed by atoms with Gasteiger partial charge in [0.05, 0.1) is 18.8 Å². The molecule has 0 amide bonds. The maximum Gasteiger partial charge on any atom is 0.305 e. The molecule has 0 unspecified atom stereocenters. The SMILES string of the molecule is CCOC(=O)CC[C@@H](C)[C@H]1CC[C@H]2[C@@H]3C(=O)C[C@H]4C[C@@H](O)CC[C@]4(C)[C@H]3C[C@@H](O)[C@]12C. The van der Waals surface area contributed by atoms with Crippen molar-refractivity contribution in [2.24, 2.45) is 46.3 Å². The van der Waals surface area contributed by atoms with Crippen molar-refractivity contribution in [3.05, 3.63) is 0 Å². The zero-order chi connectivity index (χ0) is 22.6. The van der Waals surface area contributed by atoms with Crippen molar-refractivity contribution in [1.82, 2.24) is 0 Å². The highest BCUT2D eigenvalue weighted by atomic mass is 16.5. The summed E-state index contributed by atoms with van der Waals surface area (Å²) in [6.45, 7) is 9.01. The van der Waals surface area contributed by atoms with Gasteiger partial charge in [-0.25, -0.2) is 0 Å². The molecule has 0 saturated heterocycles. The van der Waals surface area contributed by atoms with Crippen molar-refractivity contribution in [3.63, 3.8) is 0 Å². The lowest BCUT2D eigenvalue weighted by atomic mass is 9.43. The summed E-state index contributed by atoms with van der Waals surface area (Å²) < 4.78 is 5.11. The average molecular weight is 435 g/mol. The van der Waals surface area contributed by atoms with Gasteiger partial charge in [0, 0.05) is 24.2 Å². The fourth-order valence-corrected chi connectivity index (χ4v) is 8.62. The number of hydrogen-bond acceptors (Lipinski definition) is 5. The van der Waals surface area contributed by atoms with Crippen molar-refractivity contribution in [2.45, 2.75) is 97.7 Å². The van der Waals surface area contributed by atoms with Crippen LogP contribution < -0.4 is 0 Å². The first-order valence-corrected chi connectivity index (χ1v) is 12.7. The molecule has 0 aliphatic heterocycles. The molecular formula is C26H42O5. The Morgan fingerprint density at radius 2 is 1.90 bits per heavy atom. The van der Waals surface area contributed by atoms with Crippen LogP contribution in [0.1, 0.15) is 85.5 Å². The van der Waals surface area contributed by atoms with E-state index in [1.165, 1.54) is 0 Å². The Morgan fingerprint density at radius 3 is 2.61 bits per heavy atom. The zero-order valence-corrected chi connectivity index (χ0v) is 19.8. The van der Waals surface area contributed by atoms with Crippen molar-refractivity contribution in [3.8, 4) is 0 Å². The van der Waals surface area contributed by atoms with E-state index >= 15 is 0 Å². The first kappa shape index (κ1) is 23.2. The predicted molar refractivity (Wildman–Crippen MR) is 118 cm³/mol. The number of aliphatic hydroxyl groups is 2. The molecule has 2 N–H and O–H groups in total. The van der Waals surface area contributed by atoms with Crippen molar-refractivity contribution < 1.29 is 24.5 Å². The van der Waals surface area contributed by atoms with Crippen LogP contribution in [0.4, 0.5) is 0 Å². The van der Waals surface area contributed by atoms with Gasteiger partial charge in [-0.05, 0) is 86.9 Å². The summed E-state index contributed by atoms with van der Waals surface area (Å²) in [4.78, 5) is 25.3. The highest BCUT2D eigenvalue weighted by Gasteiger charge is 2.65. The molecule has 4 saturated carbocycles. The van der Waals surface area contributed by atoms with Crippen LogP contribution in [0.25, 0.3) is 0 Å². The fourth-order valence-electron chi connectivity index (χ4n) is 8.62. The summed E-state index contributed by atoms with van der Waals surface area (Å²) in [5.74, 6) is 1.64. The number of rotatable bonds is 5. The summed E-state index contributed by atoms with van der Waals surface area (Å²) in [5.41, 5.74) is -0.212. The molecule has 0 bridgehead atoms. The summed E-state index contributed by atoms with van der Waals surface area (Å²) in [5, 5.41) is 21.8. The molecular weight excluding hydrogens is 392 g/mol. The molecule has 0 spiro atoms. The largest absolute Gasteiger partial charge is 0.466 e. The summed E-state index contributed by atoms with van der Waals surface area (Å²) in [6, 6.07) is 0. The lowest BCUT2D eigenvalue weighted by Gasteiger charge is -2.61. The van der Waals surface area contributed by atoms with Crippen LogP contribution in [0.15, 0.2) is 0 Å². The van der Waals surface area contributed by atoms with Crippen molar-refractivity contribution in [2.75, 3.05) is 6.61 Å². The minimum atomic E-state index is -0.411. The average Bonchev–Trinajstić information content (AvgIpc) is 3.07. The number of carbonyl (C=O) groups excluding carboxylic acids is 2. The van der Waals surface area contributed by atoms with Crippen LogP contribution in [-0.2, 0) is 14.3 Å². The molecule has 0 aromatic heterocycles. The standard InChI is InChI=1S/C26H42O5/c1-5-31-23(30)9-6-15(2)18-7-8-19-24-20(14-22(29)26(18,19)4)25(3)11-10-17(27)12-16(25)13-21(24)28/h15-20,22,24,27,29H,5-14H2,1-4H3/t15-,16-,17+,18-,19+,20+,22-,24+,25+,26-/m1/s1. The minimum Gasteiger partial charge on any atom is -0.466 e. The number of hydrogen-bond donors (Lipinski definition) is 2. The molecule has 10 atom stereocenters. The number of ether oxygens (including phenoxy) is 1. The molecule has 31 heavy (non-hydrogen) atoms. The van der Waals surface area contributed by atoms with E-state index in [1.807, 2.05) is 6.92 Å². The molecule has 0 heterocycles. The van der Waals surface area contributed by atoms with Gasteiger partial charge in [-0.15, -0.1) is 0 Å². The van der Waals surface area contributed by atoms with Gasteiger partial charge in [0.15, 0.2) is 0 Å². The van der Waals surface area contributed by atoms with Gasteiger partial charge in [-0.1, -0.05) is 20.8 Å². The van der Waals surface area contributed by atoms with Crippen LogP contribution in [0.5, 0.6) is 0 Å². The van der Waals surface area contributed by atoms with Gasteiger partial charge >= 0.3 is 5.97 Å². The Kier molecular flexibility index (Phi) is 6.33. The van der Waals surface area contributed by atoms with E-state index in [1.54, 1.807) is 0 Å². The first-order valence-electron chi connectivity index (χ1n) is 12.7. The third-order valence-electron chi connectivity index (χ3n) is 10.4. The number of carbonyl (C=O) groups is 2. The van der Waals surface area contributed by atoms with Gasteiger partial charge < -0.3 is 14.9 Å². The monoisotopic (exact) mass is 434 g/mol. The van der Waals surface area contributed by atoms with Crippen LogP contribution in [0.3, 0.4) is 0 Å². The number of ketones is 1. The minimum absolute atomic E-state index is 0.0483. The number of aliphatic hydroxyl groups excluding tert-OH is 2. The Balaban J connectivity index is 1.55. The van der Waals surface area contributed by atoms with Gasteiger partial charge in [-0.2, -0.15) is 0 Å². The van der Waals surface area contributed by atoms with Gasteiger partial charge in [0.2, 0.25) is 0 Å². The van der Waals surface area contributed by atoms with E-state index in [-0.39, 0.29) is 46.6 Å². The third kappa shape index (κ3) is 3.68. The highest BCUT2D eigenvalue weighted by molar-refractivity contribution is 5.83. The number of fused-ring (bicyclic) bond motifs is 5. The second-order valence-corrected chi connectivity index (χ2v) is 11.7. The molecule has 4 aliphatic carbocycles. The molecule has 4 rings (SSSR count). The quantitative estimate of drug-likeness (QED) is 0.636. The van der Waals surface area contributed by atoms with E-state index in [9.17, 15) is 19.8 Å². The third-order valence-corrected chi connectivity index (χ3v) is 10.4. The van der Waals surface area contributed by atoms with Crippen LogP contribution in [0, 0.1) is 46.3 Å². The van der Waals surface area contributed by atoms with E-state index in [0.717, 1.165) is 38.5 Å². The second-order valence-electron chi connectivity index (χ2n) is 11.7. The van der Waals surface area contributed by atoms with E-state index in [4.69, 9.17) is 4.74 Å². The van der Waals surface area contributed by atoms with Gasteiger partial charge in [0.1, 0.15) is 5.78 Å². The molecule has 0 aromatic rings. The molecule has 4 aliphatic rings. The van der Waals surface area contributed by atoms with Crippen molar-refractivity contribution >= 4 is 11.8 Å². The van der Waals surface area contributed by atoms with Crippen molar-refractivity contribution in [1.29, 1.82) is 0 Å². The Labute approximate surface area is 187 Å². The summed E-state index contributed by atoms with van der Waals surface area (Å²) in [7, 11) is 0. The number of Topliss-reactive ketones (excluding diaryl/α,β-unsaturated/α-hetero) is 1.